The van der Waals surface area contributed by atoms with E-state index in [2.05, 4.69) is 10.3 Å². The molecule has 3 aromatic rings. The Morgan fingerprint density at radius 1 is 1.11 bits per heavy atom. The fourth-order valence-electron chi connectivity index (χ4n) is 5.85. The molecule has 4 amide bonds. The van der Waals surface area contributed by atoms with Crippen molar-refractivity contribution in [2.45, 2.75) is 45.2 Å². The van der Waals surface area contributed by atoms with Crippen LogP contribution in [-0.4, -0.2) is 66.0 Å². The molecule has 0 saturated carbocycles. The van der Waals surface area contributed by atoms with Gasteiger partial charge in [-0.2, -0.15) is 0 Å². The number of fused-ring (bicyclic) bond motifs is 5. The van der Waals surface area contributed by atoms with Gasteiger partial charge in [-0.25, -0.2) is 9.69 Å². The van der Waals surface area contributed by atoms with E-state index in [1.165, 1.54) is 4.90 Å². The van der Waals surface area contributed by atoms with Crippen molar-refractivity contribution in [3.63, 3.8) is 0 Å². The van der Waals surface area contributed by atoms with Crippen LogP contribution in [0.3, 0.4) is 0 Å². The Balaban J connectivity index is 1.37. The number of aromatic amines is 1. The average molecular weight is 519 g/mol. The second kappa shape index (κ2) is 9.70. The molecule has 0 aliphatic carbocycles. The average Bonchev–Trinajstić information content (AvgIpc) is 3.38. The first-order valence-corrected chi connectivity index (χ1v) is 13.0. The lowest BCUT2D eigenvalue weighted by Gasteiger charge is -2.36. The van der Waals surface area contributed by atoms with E-state index >= 15 is 0 Å². The number of hydrogen-bond acceptors (Lipinski definition) is 5. The Bertz CT molecular complexity index is 1410. The van der Waals surface area contributed by atoms with Crippen LogP contribution in [-0.2, 0) is 28.0 Å². The smallest absolute Gasteiger partial charge is 0.328 e. The van der Waals surface area contributed by atoms with Gasteiger partial charge in [0.05, 0.1) is 19.9 Å². The van der Waals surface area contributed by atoms with E-state index < -0.39 is 17.6 Å². The minimum Gasteiger partial charge on any atom is -0.493 e. The number of imide groups is 1. The Kier molecular flexibility index (Phi) is 6.54. The van der Waals surface area contributed by atoms with E-state index in [0.29, 0.717) is 37.4 Å². The van der Waals surface area contributed by atoms with Crippen LogP contribution >= 0.6 is 0 Å². The first-order chi connectivity index (χ1) is 18.2. The van der Waals surface area contributed by atoms with Crippen LogP contribution in [0, 0.1) is 5.92 Å². The maximum Gasteiger partial charge on any atom is 0.328 e. The van der Waals surface area contributed by atoms with Crippen molar-refractivity contribution in [3.05, 3.63) is 59.3 Å². The normalized spacial score (nSPS) is 19.5. The van der Waals surface area contributed by atoms with Gasteiger partial charge in [-0.3, -0.25) is 9.59 Å². The van der Waals surface area contributed by atoms with E-state index in [1.54, 1.807) is 26.0 Å². The molecule has 0 radical (unpaired) electrons. The minimum absolute atomic E-state index is 0.267. The van der Waals surface area contributed by atoms with Gasteiger partial charge in [0.25, 0.3) is 5.91 Å². The molecule has 9 heteroatoms. The second-order valence-corrected chi connectivity index (χ2v) is 10.4. The zero-order valence-corrected chi connectivity index (χ0v) is 22.5. The monoisotopic (exact) mass is 518 g/mol. The highest BCUT2D eigenvalue weighted by molar-refractivity contribution is 6.11. The van der Waals surface area contributed by atoms with E-state index in [1.807, 2.05) is 56.3 Å². The lowest BCUT2D eigenvalue weighted by molar-refractivity contribution is -0.140. The van der Waals surface area contributed by atoms with Gasteiger partial charge >= 0.3 is 6.03 Å². The number of amides is 4. The van der Waals surface area contributed by atoms with Crippen molar-refractivity contribution in [2.75, 3.05) is 27.3 Å². The van der Waals surface area contributed by atoms with Gasteiger partial charge in [0.1, 0.15) is 6.04 Å². The topological polar surface area (TPSA) is 104 Å². The van der Waals surface area contributed by atoms with Crippen LogP contribution in [0.2, 0.25) is 0 Å². The van der Waals surface area contributed by atoms with E-state index in [-0.39, 0.29) is 17.7 Å². The molecule has 3 heterocycles. The van der Waals surface area contributed by atoms with Gasteiger partial charge in [-0.05, 0) is 55.0 Å². The third-order valence-corrected chi connectivity index (χ3v) is 7.84. The summed E-state index contributed by atoms with van der Waals surface area (Å²) in [4.78, 5) is 47.3. The summed E-state index contributed by atoms with van der Waals surface area (Å²) in [5, 5.41) is 4.01. The molecule has 1 saturated heterocycles. The Morgan fingerprint density at radius 2 is 1.84 bits per heavy atom. The zero-order chi connectivity index (χ0) is 27.2. The molecule has 1 fully saturated rings. The van der Waals surface area contributed by atoms with E-state index in [9.17, 15) is 14.4 Å². The summed E-state index contributed by atoms with van der Waals surface area (Å²) in [7, 11) is 3.16. The quantitative estimate of drug-likeness (QED) is 0.444. The Hall–Kier alpha value is -4.01. The molecule has 2 N–H and O–H groups in total. The number of rotatable bonds is 8. The van der Waals surface area contributed by atoms with Gasteiger partial charge in [-0.1, -0.05) is 38.1 Å². The zero-order valence-electron chi connectivity index (χ0n) is 22.5. The third kappa shape index (κ3) is 3.88. The third-order valence-electron chi connectivity index (χ3n) is 7.84. The van der Waals surface area contributed by atoms with Gasteiger partial charge in [0, 0.05) is 24.0 Å². The number of methoxy groups -OCH3 is 2. The number of nitrogens with zero attached hydrogens (tertiary/aromatic N) is 2. The number of urea groups is 1. The number of H-pyrrole nitrogens is 1. The second-order valence-electron chi connectivity index (χ2n) is 10.4. The lowest BCUT2D eigenvalue weighted by atomic mass is 9.86. The van der Waals surface area contributed by atoms with Crippen LogP contribution in [0.25, 0.3) is 10.9 Å². The fourth-order valence-corrected chi connectivity index (χ4v) is 5.85. The summed E-state index contributed by atoms with van der Waals surface area (Å²) in [5.74, 6) is 0.266. The number of carbonyl (C=O) groups is 3. The van der Waals surface area contributed by atoms with Crippen LogP contribution in [0.1, 0.15) is 37.6 Å². The molecule has 2 unspecified atom stereocenters. The standard InChI is InChI=1S/C29H34N4O5/c1-17(2)24(26(34)30-14-12-18-10-11-22(37-4)23(16-18)38-5)33-27(35)29(3)25-20(13-15-32(29)28(33)36)19-8-6-7-9-21(19)31-25/h6-11,16-17,24,31H,12-15H2,1-5H3,(H,30,34). The molecule has 9 nitrogen and oxygen atoms in total. The predicted octanol–water partition coefficient (Wildman–Crippen LogP) is 3.60. The Morgan fingerprint density at radius 3 is 2.55 bits per heavy atom. The van der Waals surface area contributed by atoms with E-state index in [0.717, 1.165) is 27.7 Å². The SMILES string of the molecule is COc1ccc(CCNC(=O)C(C(C)C)N2C(=O)N3CCc4c([nH]c5ccccc45)C3(C)C2=O)cc1OC. The number of hydrogen-bond donors (Lipinski definition) is 2. The summed E-state index contributed by atoms with van der Waals surface area (Å²) in [5.41, 5.74) is 2.52. The summed E-state index contributed by atoms with van der Waals surface area (Å²) in [6.07, 6.45) is 1.20. The fraction of sp³-hybridized carbons (Fsp3) is 0.414. The number of para-hydroxylation sites is 1. The number of carbonyl (C=O) groups excluding carboxylic acids is 3. The molecule has 1 aromatic heterocycles. The van der Waals surface area contributed by atoms with Crippen molar-refractivity contribution in [2.24, 2.45) is 5.92 Å². The molecule has 0 bridgehead atoms. The largest absolute Gasteiger partial charge is 0.493 e. The van der Waals surface area contributed by atoms with Crippen molar-refractivity contribution in [1.82, 2.24) is 20.1 Å². The number of ether oxygens (including phenoxy) is 2. The summed E-state index contributed by atoms with van der Waals surface area (Å²) < 4.78 is 10.6. The highest BCUT2D eigenvalue weighted by atomic mass is 16.5. The van der Waals surface area contributed by atoms with Crippen molar-refractivity contribution in [3.8, 4) is 11.5 Å². The molecule has 2 aliphatic rings. The van der Waals surface area contributed by atoms with Crippen LogP contribution in [0.4, 0.5) is 4.79 Å². The lowest BCUT2D eigenvalue weighted by Crippen LogP contribution is -2.53. The molecule has 200 valence electrons. The minimum atomic E-state index is -1.18. The number of benzene rings is 2. The van der Waals surface area contributed by atoms with Gasteiger partial charge in [0.15, 0.2) is 17.0 Å². The molecule has 2 aromatic carbocycles. The number of aromatic nitrogens is 1. The van der Waals surface area contributed by atoms with Crippen LogP contribution in [0.5, 0.6) is 11.5 Å². The van der Waals surface area contributed by atoms with Crippen LogP contribution < -0.4 is 14.8 Å². The van der Waals surface area contributed by atoms with Crippen molar-refractivity contribution >= 4 is 28.7 Å². The maximum absolute atomic E-state index is 14.0. The van der Waals surface area contributed by atoms with E-state index in [4.69, 9.17) is 9.47 Å². The molecule has 2 aliphatic heterocycles. The highest BCUT2D eigenvalue weighted by Gasteiger charge is 2.61. The van der Waals surface area contributed by atoms with Crippen molar-refractivity contribution in [1.29, 1.82) is 0 Å². The summed E-state index contributed by atoms with van der Waals surface area (Å²) >= 11 is 0. The molecule has 2 atom stereocenters. The molecule has 5 rings (SSSR count). The predicted molar refractivity (Wildman–Crippen MR) is 143 cm³/mol. The number of nitrogens with one attached hydrogen (secondary N) is 2. The summed E-state index contributed by atoms with van der Waals surface area (Å²) in [6, 6.07) is 12.2. The van der Waals surface area contributed by atoms with Crippen molar-refractivity contribution < 1.29 is 23.9 Å². The molecule has 38 heavy (non-hydrogen) atoms. The van der Waals surface area contributed by atoms with Crippen LogP contribution in [0.15, 0.2) is 42.5 Å². The first kappa shape index (κ1) is 25.6. The Labute approximate surface area is 222 Å². The first-order valence-electron chi connectivity index (χ1n) is 13.0. The summed E-state index contributed by atoms with van der Waals surface area (Å²) in [6.45, 7) is 6.26. The highest BCUT2D eigenvalue weighted by Crippen LogP contribution is 2.45. The van der Waals surface area contributed by atoms with Gasteiger partial charge < -0.3 is 24.7 Å². The molecular formula is C29H34N4O5. The van der Waals surface area contributed by atoms with Gasteiger partial charge in [0.2, 0.25) is 5.91 Å². The molecule has 0 spiro atoms. The maximum atomic E-state index is 14.0. The molecular weight excluding hydrogens is 484 g/mol. The van der Waals surface area contributed by atoms with Gasteiger partial charge in [-0.15, -0.1) is 0 Å².